The summed E-state index contributed by atoms with van der Waals surface area (Å²) in [6.07, 6.45) is 1.00. The highest BCUT2D eigenvalue weighted by Crippen LogP contribution is 2.32. The summed E-state index contributed by atoms with van der Waals surface area (Å²) in [6, 6.07) is 8.00. The topological polar surface area (TPSA) is 148 Å². The third-order valence-electron chi connectivity index (χ3n) is 3.19. The third kappa shape index (κ3) is 4.83. The van der Waals surface area contributed by atoms with E-state index in [0.29, 0.717) is 10.0 Å². The molecule has 0 radical (unpaired) electrons. The van der Waals surface area contributed by atoms with Crippen LogP contribution in [0.25, 0.3) is 0 Å². The van der Waals surface area contributed by atoms with E-state index < -0.39 is 27.2 Å². The van der Waals surface area contributed by atoms with E-state index in [4.69, 9.17) is 0 Å². The lowest BCUT2D eigenvalue weighted by Crippen LogP contribution is -2.19. The molecule has 0 aliphatic carbocycles. The van der Waals surface area contributed by atoms with Crippen molar-refractivity contribution in [2.75, 3.05) is 0 Å². The first-order valence-electron chi connectivity index (χ1n) is 7.00. The first kappa shape index (κ1) is 19.0. The molecule has 0 fully saturated rings. The Labute approximate surface area is 154 Å². The molecule has 0 heterocycles. The zero-order chi connectivity index (χ0) is 19.3. The van der Waals surface area contributed by atoms with Crippen LogP contribution in [-0.2, 0) is 11.2 Å². The van der Waals surface area contributed by atoms with Crippen molar-refractivity contribution < 1.29 is 19.7 Å². The SMILES string of the molecule is O=C(Cc1ccc([N+](=O)[O-])cc1)N/N=C\c1cc(Br)cc([N+](=O)[O-])c1O. The molecule has 2 N–H and O–H groups in total. The number of non-ortho nitro benzene ring substituents is 1. The molecule has 0 saturated heterocycles. The molecule has 0 unspecified atom stereocenters. The van der Waals surface area contributed by atoms with E-state index >= 15 is 0 Å². The molecule has 1 amide bonds. The minimum atomic E-state index is -0.745. The van der Waals surface area contributed by atoms with Gasteiger partial charge >= 0.3 is 5.69 Å². The van der Waals surface area contributed by atoms with Crippen LogP contribution in [0.4, 0.5) is 11.4 Å². The smallest absolute Gasteiger partial charge is 0.312 e. The van der Waals surface area contributed by atoms with Crippen molar-refractivity contribution in [1.29, 1.82) is 0 Å². The van der Waals surface area contributed by atoms with Crippen LogP contribution >= 0.6 is 15.9 Å². The van der Waals surface area contributed by atoms with Crippen molar-refractivity contribution in [2.45, 2.75) is 6.42 Å². The Bertz CT molecular complexity index is 898. The predicted octanol–water partition coefficient (Wildman–Crippen LogP) is 2.66. The Balaban J connectivity index is 2.03. The van der Waals surface area contributed by atoms with Crippen LogP contribution in [0, 0.1) is 20.2 Å². The largest absolute Gasteiger partial charge is 0.502 e. The van der Waals surface area contributed by atoms with Crippen LogP contribution < -0.4 is 5.43 Å². The Morgan fingerprint density at radius 1 is 1.19 bits per heavy atom. The summed E-state index contributed by atoms with van der Waals surface area (Å²) >= 11 is 3.08. The molecule has 134 valence electrons. The fourth-order valence-electron chi connectivity index (χ4n) is 1.98. The molecule has 0 aliphatic heterocycles. The first-order chi connectivity index (χ1) is 12.3. The molecule has 26 heavy (non-hydrogen) atoms. The number of carbonyl (C=O) groups is 1. The summed E-state index contributed by atoms with van der Waals surface area (Å²) in [4.78, 5) is 31.9. The van der Waals surface area contributed by atoms with Gasteiger partial charge in [0.05, 0.1) is 22.5 Å². The number of hydrogen-bond acceptors (Lipinski definition) is 7. The lowest BCUT2D eigenvalue weighted by Gasteiger charge is -2.03. The number of hydrogen-bond donors (Lipinski definition) is 2. The Kier molecular flexibility index (Phi) is 5.96. The number of nitro benzene ring substituents is 2. The first-order valence-corrected chi connectivity index (χ1v) is 7.79. The van der Waals surface area contributed by atoms with Crippen molar-refractivity contribution in [3.63, 3.8) is 0 Å². The van der Waals surface area contributed by atoms with Gasteiger partial charge in [-0.3, -0.25) is 25.0 Å². The molecule has 2 aromatic rings. The third-order valence-corrected chi connectivity index (χ3v) is 3.64. The van der Waals surface area contributed by atoms with E-state index in [1.807, 2.05) is 0 Å². The van der Waals surface area contributed by atoms with Gasteiger partial charge in [0.15, 0.2) is 0 Å². The van der Waals surface area contributed by atoms with Gasteiger partial charge in [-0.1, -0.05) is 28.1 Å². The van der Waals surface area contributed by atoms with E-state index in [1.165, 1.54) is 30.3 Å². The standard InChI is InChI=1S/C15H11BrN4O6/c16-11-6-10(15(22)13(7-11)20(25)26)8-17-18-14(21)5-9-1-3-12(4-2-9)19(23)24/h1-4,6-8,22H,5H2,(H,18,21)/b17-8-. The van der Waals surface area contributed by atoms with Gasteiger partial charge in [-0.05, 0) is 11.6 Å². The maximum absolute atomic E-state index is 11.8. The molecular formula is C15H11BrN4O6. The number of nitrogens with one attached hydrogen (secondary N) is 1. The molecule has 11 heteroatoms. The summed E-state index contributed by atoms with van der Waals surface area (Å²) in [5.41, 5.74) is 2.22. The molecule has 2 rings (SSSR count). The molecular weight excluding hydrogens is 412 g/mol. The van der Waals surface area contributed by atoms with Crippen LogP contribution in [0.1, 0.15) is 11.1 Å². The monoisotopic (exact) mass is 422 g/mol. The minimum absolute atomic E-state index is 0.0433. The van der Waals surface area contributed by atoms with Crippen molar-refractivity contribution >= 4 is 39.4 Å². The molecule has 0 atom stereocenters. The van der Waals surface area contributed by atoms with Crippen LogP contribution in [0.15, 0.2) is 46.0 Å². The highest BCUT2D eigenvalue weighted by Gasteiger charge is 2.17. The molecule has 0 spiro atoms. The summed E-state index contributed by atoms with van der Waals surface area (Å²) in [5, 5.41) is 34.9. The molecule has 10 nitrogen and oxygen atoms in total. The zero-order valence-corrected chi connectivity index (χ0v) is 14.5. The number of nitro groups is 2. The number of nitrogens with zero attached hydrogens (tertiary/aromatic N) is 3. The summed E-state index contributed by atoms with van der Waals surface area (Å²) in [6.45, 7) is 0. The fraction of sp³-hybridized carbons (Fsp3) is 0.0667. The number of halogens is 1. The van der Waals surface area contributed by atoms with Gasteiger partial charge < -0.3 is 5.11 Å². The Morgan fingerprint density at radius 3 is 2.42 bits per heavy atom. The van der Waals surface area contributed by atoms with E-state index in [9.17, 15) is 30.1 Å². The van der Waals surface area contributed by atoms with Crippen LogP contribution in [0.2, 0.25) is 0 Å². The maximum Gasteiger partial charge on any atom is 0.312 e. The summed E-state index contributed by atoms with van der Waals surface area (Å²) in [5.74, 6) is -1.08. The highest BCUT2D eigenvalue weighted by molar-refractivity contribution is 9.10. The Hall–Kier alpha value is -3.34. The Morgan fingerprint density at radius 2 is 1.85 bits per heavy atom. The van der Waals surface area contributed by atoms with Crippen LogP contribution in [-0.4, -0.2) is 27.1 Å². The number of hydrazone groups is 1. The normalized spacial score (nSPS) is 10.7. The van der Waals surface area contributed by atoms with Crippen molar-refractivity contribution in [2.24, 2.45) is 5.10 Å². The summed E-state index contributed by atoms with van der Waals surface area (Å²) < 4.78 is 0.362. The number of benzene rings is 2. The highest BCUT2D eigenvalue weighted by atomic mass is 79.9. The number of phenolic OH excluding ortho intramolecular Hbond substituents is 1. The van der Waals surface area contributed by atoms with Gasteiger partial charge in [0.25, 0.3) is 5.69 Å². The number of aromatic hydroxyl groups is 1. The maximum atomic E-state index is 11.8. The van der Waals surface area contributed by atoms with Crippen molar-refractivity contribution in [3.8, 4) is 5.75 Å². The molecule has 0 aromatic heterocycles. The van der Waals surface area contributed by atoms with Gasteiger partial charge in [-0.25, -0.2) is 5.43 Å². The quantitative estimate of drug-likeness (QED) is 0.415. The van der Waals surface area contributed by atoms with E-state index in [2.05, 4.69) is 26.5 Å². The molecule has 2 aromatic carbocycles. The summed E-state index contributed by atoms with van der Waals surface area (Å²) in [7, 11) is 0. The molecule has 0 aliphatic rings. The fourth-order valence-corrected chi connectivity index (χ4v) is 2.44. The average Bonchev–Trinajstić information content (AvgIpc) is 2.57. The number of rotatable bonds is 6. The predicted molar refractivity (Wildman–Crippen MR) is 95.0 cm³/mol. The second-order valence-corrected chi connectivity index (χ2v) is 5.93. The van der Waals surface area contributed by atoms with Crippen LogP contribution in [0.5, 0.6) is 5.75 Å². The lowest BCUT2D eigenvalue weighted by molar-refractivity contribution is -0.386. The average molecular weight is 423 g/mol. The lowest BCUT2D eigenvalue weighted by atomic mass is 10.1. The number of carbonyl (C=O) groups excluding carboxylic acids is 1. The van der Waals surface area contributed by atoms with E-state index in [0.717, 1.165) is 12.3 Å². The molecule has 0 saturated carbocycles. The van der Waals surface area contributed by atoms with Gasteiger partial charge in [-0.2, -0.15) is 5.10 Å². The van der Waals surface area contributed by atoms with Gasteiger partial charge in [0, 0.05) is 28.2 Å². The van der Waals surface area contributed by atoms with Gasteiger partial charge in [0.1, 0.15) is 0 Å². The minimum Gasteiger partial charge on any atom is -0.502 e. The zero-order valence-electron chi connectivity index (χ0n) is 13.0. The van der Waals surface area contributed by atoms with Gasteiger partial charge in [0.2, 0.25) is 11.7 Å². The van der Waals surface area contributed by atoms with Crippen molar-refractivity contribution in [3.05, 3.63) is 72.2 Å². The van der Waals surface area contributed by atoms with E-state index in [-0.39, 0.29) is 17.7 Å². The number of amides is 1. The van der Waals surface area contributed by atoms with Crippen molar-refractivity contribution in [1.82, 2.24) is 5.43 Å². The van der Waals surface area contributed by atoms with Crippen LogP contribution in [0.3, 0.4) is 0 Å². The second kappa shape index (κ2) is 8.16. The molecule has 0 bridgehead atoms. The van der Waals surface area contributed by atoms with Gasteiger partial charge in [-0.15, -0.1) is 0 Å². The van der Waals surface area contributed by atoms with E-state index in [1.54, 1.807) is 0 Å². The second-order valence-electron chi connectivity index (χ2n) is 5.01. The number of phenols is 1.